The summed E-state index contributed by atoms with van der Waals surface area (Å²) in [6.07, 6.45) is 0. The monoisotopic (exact) mass is 524 g/mol. The molecule has 0 saturated heterocycles. The van der Waals surface area contributed by atoms with Crippen LogP contribution in [0, 0.1) is 6.92 Å². The molecule has 4 rings (SSSR count). The van der Waals surface area contributed by atoms with E-state index in [0.29, 0.717) is 5.13 Å². The maximum atomic E-state index is 13.8. The van der Waals surface area contributed by atoms with Crippen LogP contribution in [0.4, 0.5) is 10.8 Å². The number of hydrogen-bond acceptors (Lipinski definition) is 7. The molecule has 10 heteroatoms. The van der Waals surface area contributed by atoms with Crippen LogP contribution in [0.15, 0.2) is 88.1 Å². The van der Waals surface area contributed by atoms with E-state index in [1.54, 1.807) is 48.5 Å². The van der Waals surface area contributed by atoms with Crippen LogP contribution in [-0.4, -0.2) is 30.3 Å². The molecule has 0 radical (unpaired) electrons. The van der Waals surface area contributed by atoms with E-state index < -0.39 is 15.9 Å². The Bertz CT molecular complexity index is 1410. The lowest BCUT2D eigenvalue weighted by molar-refractivity contribution is 0.102. The van der Waals surface area contributed by atoms with Gasteiger partial charge in [-0.05, 0) is 42.5 Å². The summed E-state index contributed by atoms with van der Waals surface area (Å²) < 4.78 is 29.7. The number of benzene rings is 3. The molecule has 0 aliphatic heterocycles. The number of carbonyl (C=O) groups excluding carboxylic acids is 1. The van der Waals surface area contributed by atoms with Gasteiger partial charge in [-0.25, -0.2) is 8.42 Å². The topological polar surface area (TPSA) is 92.3 Å². The predicted molar refractivity (Wildman–Crippen MR) is 142 cm³/mol. The highest BCUT2D eigenvalue weighted by Crippen LogP contribution is 2.31. The first-order valence-corrected chi connectivity index (χ1v) is 14.1. The number of aryl methyl sites for hydroxylation is 1. The number of aromatic nitrogens is 2. The third kappa shape index (κ3) is 5.90. The maximum Gasteiger partial charge on any atom is 0.264 e. The van der Waals surface area contributed by atoms with Crippen molar-refractivity contribution in [2.45, 2.75) is 29.6 Å². The number of thioether (sulfide) groups is 1. The normalized spacial score (nSPS) is 11.3. The molecule has 0 fully saturated rings. The lowest BCUT2D eigenvalue weighted by Crippen LogP contribution is -2.32. The van der Waals surface area contributed by atoms with Crippen molar-refractivity contribution in [2.24, 2.45) is 0 Å². The van der Waals surface area contributed by atoms with Crippen molar-refractivity contribution in [2.75, 3.05) is 15.4 Å². The molecule has 0 unspecified atom stereocenters. The highest BCUT2D eigenvalue weighted by atomic mass is 32.2. The molecule has 180 valence electrons. The highest BCUT2D eigenvalue weighted by molar-refractivity contribution is 8.01. The molecule has 0 bridgehead atoms. The summed E-state index contributed by atoms with van der Waals surface area (Å²) in [7, 11) is -3.98. The molecule has 4 aromatic rings. The van der Waals surface area contributed by atoms with Gasteiger partial charge in [0.15, 0.2) is 4.34 Å². The van der Waals surface area contributed by atoms with Gasteiger partial charge in [0.2, 0.25) is 5.13 Å². The van der Waals surface area contributed by atoms with Crippen molar-refractivity contribution >= 4 is 49.8 Å². The van der Waals surface area contributed by atoms with Gasteiger partial charge < -0.3 is 0 Å². The Morgan fingerprint density at radius 3 is 2.37 bits per heavy atom. The number of hydrogen-bond donors (Lipinski definition) is 1. The van der Waals surface area contributed by atoms with E-state index in [1.165, 1.54) is 27.4 Å². The van der Waals surface area contributed by atoms with E-state index in [1.807, 2.05) is 44.2 Å². The molecule has 1 aromatic heterocycles. The smallest absolute Gasteiger partial charge is 0.264 e. The standard InChI is InChI=1S/C25H24N4O3S3/c1-3-33-25-28-27-24(34-25)26-23(30)21-11-7-8-12-22(21)29(17-19-9-5-4-6-10-19)35(31,32)20-15-13-18(2)14-16-20/h4-16H,3,17H2,1-2H3,(H,26,27,30). The zero-order chi connectivity index (χ0) is 24.8. The molecule has 1 N–H and O–H groups in total. The Morgan fingerprint density at radius 2 is 1.66 bits per heavy atom. The number of nitrogens with one attached hydrogen (secondary N) is 1. The fraction of sp³-hybridized carbons (Fsp3) is 0.160. The van der Waals surface area contributed by atoms with Gasteiger partial charge >= 0.3 is 0 Å². The summed E-state index contributed by atoms with van der Waals surface area (Å²) in [4.78, 5) is 13.4. The van der Waals surface area contributed by atoms with E-state index >= 15 is 0 Å². The predicted octanol–water partition coefficient (Wildman–Crippen LogP) is 5.61. The van der Waals surface area contributed by atoms with Crippen molar-refractivity contribution in [1.82, 2.24) is 10.2 Å². The first-order chi connectivity index (χ1) is 16.9. The lowest BCUT2D eigenvalue weighted by Gasteiger charge is -2.26. The van der Waals surface area contributed by atoms with Crippen LogP contribution in [0.3, 0.4) is 0 Å². The summed E-state index contributed by atoms with van der Waals surface area (Å²) in [5.74, 6) is 0.387. The number of carbonyl (C=O) groups is 1. The van der Waals surface area contributed by atoms with E-state index in [4.69, 9.17) is 0 Å². The second-order valence-electron chi connectivity index (χ2n) is 7.59. The van der Waals surface area contributed by atoms with E-state index in [9.17, 15) is 13.2 Å². The molecular formula is C25H24N4O3S3. The van der Waals surface area contributed by atoms with Crippen LogP contribution in [-0.2, 0) is 16.6 Å². The minimum atomic E-state index is -3.98. The minimum Gasteiger partial charge on any atom is -0.296 e. The van der Waals surface area contributed by atoms with Crippen LogP contribution >= 0.6 is 23.1 Å². The van der Waals surface area contributed by atoms with Gasteiger partial charge in [-0.15, -0.1) is 10.2 Å². The van der Waals surface area contributed by atoms with Crippen molar-refractivity contribution in [3.63, 3.8) is 0 Å². The SMILES string of the molecule is CCSc1nnc(NC(=O)c2ccccc2N(Cc2ccccc2)S(=O)(=O)c2ccc(C)cc2)s1. The van der Waals surface area contributed by atoms with E-state index in [0.717, 1.165) is 21.2 Å². The Labute approximate surface area is 213 Å². The average molecular weight is 525 g/mol. The summed E-state index contributed by atoms with van der Waals surface area (Å²) in [5, 5.41) is 11.2. The molecule has 0 spiro atoms. The summed E-state index contributed by atoms with van der Waals surface area (Å²) >= 11 is 2.81. The van der Waals surface area contributed by atoms with Gasteiger partial charge in [-0.2, -0.15) is 0 Å². The number of nitrogens with zero attached hydrogens (tertiary/aromatic N) is 3. The zero-order valence-corrected chi connectivity index (χ0v) is 21.7. The quantitative estimate of drug-likeness (QED) is 0.226. The van der Waals surface area contributed by atoms with Gasteiger partial charge in [-0.3, -0.25) is 14.4 Å². The fourth-order valence-electron chi connectivity index (χ4n) is 3.38. The average Bonchev–Trinajstić information content (AvgIpc) is 3.30. The Morgan fingerprint density at radius 1 is 0.971 bits per heavy atom. The summed E-state index contributed by atoms with van der Waals surface area (Å²) in [6, 6.07) is 22.6. The Balaban J connectivity index is 1.74. The molecule has 35 heavy (non-hydrogen) atoms. The van der Waals surface area contributed by atoms with Crippen LogP contribution in [0.25, 0.3) is 0 Å². The third-order valence-electron chi connectivity index (χ3n) is 5.09. The fourth-order valence-corrected chi connectivity index (χ4v) is 6.49. The van der Waals surface area contributed by atoms with Gasteiger partial charge in [0.1, 0.15) is 0 Å². The van der Waals surface area contributed by atoms with Gasteiger partial charge in [0, 0.05) is 0 Å². The molecule has 3 aromatic carbocycles. The maximum absolute atomic E-state index is 13.8. The van der Waals surface area contributed by atoms with Crippen LogP contribution in [0.2, 0.25) is 0 Å². The first kappa shape index (κ1) is 24.9. The number of para-hydroxylation sites is 1. The summed E-state index contributed by atoms with van der Waals surface area (Å²) in [5.41, 5.74) is 2.25. The second kappa shape index (κ2) is 11.0. The molecule has 0 saturated carbocycles. The first-order valence-electron chi connectivity index (χ1n) is 10.9. The molecule has 0 aliphatic rings. The molecule has 1 heterocycles. The number of sulfonamides is 1. The van der Waals surface area contributed by atoms with E-state index in [2.05, 4.69) is 15.5 Å². The minimum absolute atomic E-state index is 0.0669. The molecule has 0 atom stereocenters. The van der Waals surface area contributed by atoms with Crippen LogP contribution in [0.5, 0.6) is 0 Å². The van der Waals surface area contributed by atoms with Crippen molar-refractivity contribution in [3.05, 3.63) is 95.6 Å². The van der Waals surface area contributed by atoms with Crippen LogP contribution in [0.1, 0.15) is 28.4 Å². The van der Waals surface area contributed by atoms with Crippen molar-refractivity contribution < 1.29 is 13.2 Å². The molecule has 1 amide bonds. The van der Waals surface area contributed by atoms with Gasteiger partial charge in [0.05, 0.1) is 22.7 Å². The Hall–Kier alpha value is -3.21. The third-order valence-corrected chi connectivity index (χ3v) is 8.72. The number of amides is 1. The van der Waals surface area contributed by atoms with Gasteiger partial charge in [-0.1, -0.05) is 90.2 Å². The highest BCUT2D eigenvalue weighted by Gasteiger charge is 2.29. The number of rotatable bonds is 9. The van der Waals surface area contributed by atoms with E-state index in [-0.39, 0.29) is 22.7 Å². The largest absolute Gasteiger partial charge is 0.296 e. The second-order valence-corrected chi connectivity index (χ2v) is 11.9. The molecule has 7 nitrogen and oxygen atoms in total. The van der Waals surface area contributed by atoms with Crippen molar-refractivity contribution in [1.29, 1.82) is 0 Å². The summed E-state index contributed by atoms with van der Waals surface area (Å²) in [6.45, 7) is 3.98. The molecule has 0 aliphatic carbocycles. The Kier molecular flexibility index (Phi) is 7.84. The van der Waals surface area contributed by atoms with Gasteiger partial charge in [0.25, 0.3) is 15.9 Å². The van der Waals surface area contributed by atoms with Crippen LogP contribution < -0.4 is 9.62 Å². The molecular weight excluding hydrogens is 501 g/mol. The lowest BCUT2D eigenvalue weighted by atomic mass is 10.1. The number of anilines is 2. The van der Waals surface area contributed by atoms with Crippen molar-refractivity contribution in [3.8, 4) is 0 Å². The zero-order valence-electron chi connectivity index (χ0n) is 19.2.